The number of hydrogen-bond acceptors (Lipinski definition) is 3. The first kappa shape index (κ1) is 15.0. The molecule has 3 rings (SSSR count). The van der Waals surface area contributed by atoms with E-state index in [1.165, 1.54) is 31.2 Å². The Morgan fingerprint density at radius 2 is 1.90 bits per heavy atom. The van der Waals surface area contributed by atoms with E-state index in [0.717, 1.165) is 32.5 Å². The van der Waals surface area contributed by atoms with E-state index < -0.39 is 0 Å². The van der Waals surface area contributed by atoms with E-state index in [0.29, 0.717) is 12.1 Å². The average Bonchev–Trinajstić information content (AvgIpc) is 2.95. The van der Waals surface area contributed by atoms with Crippen LogP contribution in [-0.2, 0) is 11.2 Å². The van der Waals surface area contributed by atoms with Gasteiger partial charge in [0.2, 0.25) is 0 Å². The molecule has 1 aromatic carbocycles. The molecule has 0 aromatic heterocycles. The maximum Gasteiger partial charge on any atom is 0.0730 e. The Morgan fingerprint density at radius 1 is 1.10 bits per heavy atom. The van der Waals surface area contributed by atoms with Gasteiger partial charge in [-0.3, -0.25) is 4.90 Å². The van der Waals surface area contributed by atoms with Gasteiger partial charge in [0.15, 0.2) is 0 Å². The molecule has 0 amide bonds. The summed E-state index contributed by atoms with van der Waals surface area (Å²) in [5.41, 5.74) is 1.35. The van der Waals surface area contributed by atoms with Gasteiger partial charge in [0.05, 0.1) is 18.8 Å². The summed E-state index contributed by atoms with van der Waals surface area (Å²) in [6, 6.07) is 11.1. The molecule has 3 atom stereocenters. The topological polar surface area (TPSA) is 32.7 Å². The number of hydrogen-bond donors (Lipinski definition) is 1. The zero-order valence-electron chi connectivity index (χ0n) is 12.8. The molecule has 2 aliphatic rings. The van der Waals surface area contributed by atoms with Crippen molar-refractivity contribution in [3.63, 3.8) is 0 Å². The number of β-amino-alcohol motifs (C(OH)–C–C–N with tert-alkyl or cyclic N) is 1. The number of likely N-dealkylation sites (tertiary alicyclic amines) is 1. The summed E-state index contributed by atoms with van der Waals surface area (Å²) in [7, 11) is 0. The van der Waals surface area contributed by atoms with Gasteiger partial charge in [0, 0.05) is 19.1 Å². The normalized spacial score (nSPS) is 30.6. The third-order valence-electron chi connectivity index (χ3n) is 4.90. The number of benzene rings is 1. The van der Waals surface area contributed by atoms with Crippen LogP contribution in [0.25, 0.3) is 0 Å². The largest absolute Gasteiger partial charge is 0.392 e. The van der Waals surface area contributed by atoms with Gasteiger partial charge >= 0.3 is 0 Å². The smallest absolute Gasteiger partial charge is 0.0730 e. The molecule has 116 valence electrons. The molecule has 1 N–H and O–H groups in total. The SMILES string of the molecule is OC1CCN([C@H]2CCCCC2OCCc2ccccc2)C1. The molecule has 21 heavy (non-hydrogen) atoms. The third-order valence-corrected chi connectivity index (χ3v) is 4.90. The van der Waals surface area contributed by atoms with Crippen molar-refractivity contribution in [2.75, 3.05) is 19.7 Å². The molecule has 3 nitrogen and oxygen atoms in total. The minimum Gasteiger partial charge on any atom is -0.392 e. The summed E-state index contributed by atoms with van der Waals surface area (Å²) < 4.78 is 6.22. The van der Waals surface area contributed by atoms with Crippen LogP contribution in [0.15, 0.2) is 30.3 Å². The van der Waals surface area contributed by atoms with Gasteiger partial charge in [-0.15, -0.1) is 0 Å². The van der Waals surface area contributed by atoms with Crippen molar-refractivity contribution in [2.45, 2.75) is 56.8 Å². The lowest BCUT2D eigenvalue weighted by Gasteiger charge is -2.37. The fourth-order valence-corrected chi connectivity index (χ4v) is 3.73. The Morgan fingerprint density at radius 3 is 2.67 bits per heavy atom. The van der Waals surface area contributed by atoms with Crippen LogP contribution >= 0.6 is 0 Å². The lowest BCUT2D eigenvalue weighted by Crippen LogP contribution is -2.46. The van der Waals surface area contributed by atoms with Gasteiger partial charge in [0.1, 0.15) is 0 Å². The van der Waals surface area contributed by atoms with Gasteiger partial charge in [-0.2, -0.15) is 0 Å². The van der Waals surface area contributed by atoms with Crippen molar-refractivity contribution in [1.29, 1.82) is 0 Å². The molecule has 0 bridgehead atoms. The fraction of sp³-hybridized carbons (Fsp3) is 0.667. The highest BCUT2D eigenvalue weighted by molar-refractivity contribution is 5.14. The lowest BCUT2D eigenvalue weighted by molar-refractivity contribution is -0.0316. The Kier molecular flexibility index (Phi) is 5.28. The van der Waals surface area contributed by atoms with Crippen molar-refractivity contribution in [2.24, 2.45) is 0 Å². The van der Waals surface area contributed by atoms with E-state index >= 15 is 0 Å². The summed E-state index contributed by atoms with van der Waals surface area (Å²) in [6.07, 6.45) is 7.12. The maximum absolute atomic E-state index is 9.76. The van der Waals surface area contributed by atoms with Gasteiger partial charge in [0.25, 0.3) is 0 Å². The Labute approximate surface area is 127 Å². The first-order chi connectivity index (χ1) is 10.3. The molecule has 1 heterocycles. The second-order valence-corrected chi connectivity index (χ2v) is 6.43. The van der Waals surface area contributed by atoms with Gasteiger partial charge < -0.3 is 9.84 Å². The minimum atomic E-state index is -0.128. The molecule has 0 spiro atoms. The molecule has 1 saturated carbocycles. The summed E-state index contributed by atoms with van der Waals surface area (Å²) >= 11 is 0. The summed E-state index contributed by atoms with van der Waals surface area (Å²) in [6.45, 7) is 2.68. The van der Waals surface area contributed by atoms with Crippen molar-refractivity contribution in [3.8, 4) is 0 Å². The van der Waals surface area contributed by atoms with Gasteiger partial charge in [-0.05, 0) is 31.2 Å². The van der Waals surface area contributed by atoms with Crippen LogP contribution in [0.4, 0.5) is 0 Å². The Bertz CT molecular complexity index is 422. The van der Waals surface area contributed by atoms with Crippen LogP contribution in [0.2, 0.25) is 0 Å². The first-order valence-electron chi connectivity index (χ1n) is 8.40. The zero-order chi connectivity index (χ0) is 14.5. The third kappa shape index (κ3) is 4.06. The molecule has 2 fully saturated rings. The predicted molar refractivity (Wildman–Crippen MR) is 84.3 cm³/mol. The van der Waals surface area contributed by atoms with E-state index in [9.17, 15) is 5.11 Å². The predicted octanol–water partition coefficient (Wildman–Crippen LogP) is 2.62. The molecule has 1 aliphatic carbocycles. The highest BCUT2D eigenvalue weighted by Gasteiger charge is 2.34. The molecule has 2 unspecified atom stereocenters. The average molecular weight is 289 g/mol. The van der Waals surface area contributed by atoms with Gasteiger partial charge in [-0.25, -0.2) is 0 Å². The second-order valence-electron chi connectivity index (χ2n) is 6.43. The summed E-state index contributed by atoms with van der Waals surface area (Å²) in [5.74, 6) is 0. The molecular weight excluding hydrogens is 262 g/mol. The Balaban J connectivity index is 1.50. The van der Waals surface area contributed by atoms with E-state index in [1.54, 1.807) is 0 Å². The van der Waals surface area contributed by atoms with Crippen LogP contribution in [0.5, 0.6) is 0 Å². The zero-order valence-corrected chi connectivity index (χ0v) is 12.8. The van der Waals surface area contributed by atoms with Crippen LogP contribution in [-0.4, -0.2) is 48.0 Å². The van der Waals surface area contributed by atoms with Gasteiger partial charge in [-0.1, -0.05) is 43.2 Å². The Hall–Kier alpha value is -0.900. The number of rotatable bonds is 5. The van der Waals surface area contributed by atoms with E-state index in [2.05, 4.69) is 35.2 Å². The molecule has 1 saturated heterocycles. The van der Waals surface area contributed by atoms with E-state index in [4.69, 9.17) is 4.74 Å². The van der Waals surface area contributed by atoms with Crippen molar-refractivity contribution in [1.82, 2.24) is 4.90 Å². The van der Waals surface area contributed by atoms with Crippen molar-refractivity contribution in [3.05, 3.63) is 35.9 Å². The molecule has 3 heteroatoms. The van der Waals surface area contributed by atoms with E-state index in [1.807, 2.05) is 0 Å². The van der Waals surface area contributed by atoms with Crippen molar-refractivity contribution < 1.29 is 9.84 Å². The number of nitrogens with zero attached hydrogens (tertiary/aromatic N) is 1. The lowest BCUT2D eigenvalue weighted by atomic mass is 9.91. The van der Waals surface area contributed by atoms with Crippen molar-refractivity contribution >= 4 is 0 Å². The van der Waals surface area contributed by atoms with Crippen LogP contribution in [0, 0.1) is 0 Å². The summed E-state index contributed by atoms with van der Waals surface area (Å²) in [5, 5.41) is 9.76. The molecular formula is C18H27NO2. The number of aliphatic hydroxyl groups excluding tert-OH is 1. The highest BCUT2D eigenvalue weighted by atomic mass is 16.5. The minimum absolute atomic E-state index is 0.128. The molecule has 0 radical (unpaired) electrons. The molecule has 1 aliphatic heterocycles. The van der Waals surface area contributed by atoms with Crippen LogP contribution in [0.1, 0.15) is 37.7 Å². The maximum atomic E-state index is 9.76. The summed E-state index contributed by atoms with van der Waals surface area (Å²) in [4.78, 5) is 2.46. The van der Waals surface area contributed by atoms with Crippen LogP contribution < -0.4 is 0 Å². The highest BCUT2D eigenvalue weighted by Crippen LogP contribution is 2.28. The molecule has 1 aromatic rings. The number of ether oxygens (including phenoxy) is 1. The van der Waals surface area contributed by atoms with E-state index in [-0.39, 0.29) is 6.10 Å². The first-order valence-corrected chi connectivity index (χ1v) is 8.40. The number of aliphatic hydroxyl groups is 1. The second kappa shape index (κ2) is 7.39. The monoisotopic (exact) mass is 289 g/mol. The standard InChI is InChI=1S/C18H27NO2/c20-16-10-12-19(14-16)17-8-4-5-9-18(17)21-13-11-15-6-2-1-3-7-15/h1-3,6-7,16-18,20H,4-5,8-14H2/t16?,17-,18?/m0/s1. The fourth-order valence-electron chi connectivity index (χ4n) is 3.73. The quantitative estimate of drug-likeness (QED) is 0.904. The van der Waals surface area contributed by atoms with Crippen LogP contribution in [0.3, 0.4) is 0 Å².